The van der Waals surface area contributed by atoms with Gasteiger partial charge in [0.05, 0.1) is 0 Å². The lowest BCUT2D eigenvalue weighted by molar-refractivity contribution is 0.0718. The molecule has 0 saturated carbocycles. The molecule has 1 aromatic carbocycles. The molecule has 0 bridgehead atoms. The largest absolute Gasteiger partial charge is 0.385 e. The Balaban J connectivity index is 2.07. The van der Waals surface area contributed by atoms with E-state index in [1.165, 1.54) is 11.1 Å². The monoisotopic (exact) mass is 262 g/mol. The van der Waals surface area contributed by atoms with Crippen molar-refractivity contribution in [2.75, 3.05) is 33.4 Å². The smallest absolute Gasteiger partial charge is 0.0480 e. The number of hydrogen-bond acceptors (Lipinski definition) is 3. The number of nitrogens with zero attached hydrogens (tertiary/aromatic N) is 1. The van der Waals surface area contributed by atoms with E-state index in [2.05, 4.69) is 36.1 Å². The zero-order valence-corrected chi connectivity index (χ0v) is 12.2. The molecule has 0 spiro atoms. The predicted octanol–water partition coefficient (Wildman–Crippen LogP) is 1.84. The topological polar surface area (TPSA) is 38.5 Å². The van der Waals surface area contributed by atoms with Gasteiger partial charge in [0, 0.05) is 38.9 Å². The number of hydrogen-bond donors (Lipinski definition) is 1. The third kappa shape index (κ3) is 3.35. The van der Waals surface area contributed by atoms with E-state index in [9.17, 15) is 0 Å². The Labute approximate surface area is 116 Å². The Morgan fingerprint density at radius 1 is 1.21 bits per heavy atom. The molecule has 0 amide bonds. The van der Waals surface area contributed by atoms with Gasteiger partial charge in [-0.25, -0.2) is 0 Å². The zero-order chi connectivity index (χ0) is 13.7. The first-order chi connectivity index (χ1) is 9.19. The van der Waals surface area contributed by atoms with Crippen molar-refractivity contribution < 1.29 is 4.74 Å². The summed E-state index contributed by atoms with van der Waals surface area (Å²) in [7, 11) is 1.76. The molecule has 0 fully saturated rings. The van der Waals surface area contributed by atoms with Crippen LogP contribution in [0.15, 0.2) is 24.3 Å². The first kappa shape index (κ1) is 14.5. The number of nitrogens with two attached hydrogens (primary N) is 1. The normalized spacial score (nSPS) is 19.5. The average molecular weight is 262 g/mol. The predicted molar refractivity (Wildman–Crippen MR) is 79.4 cm³/mol. The summed E-state index contributed by atoms with van der Waals surface area (Å²) < 4.78 is 5.24. The molecule has 3 nitrogen and oxygen atoms in total. The highest BCUT2D eigenvalue weighted by atomic mass is 16.5. The highest BCUT2D eigenvalue weighted by Crippen LogP contribution is 2.23. The lowest BCUT2D eigenvalue weighted by Gasteiger charge is -2.40. The maximum Gasteiger partial charge on any atom is 0.0480 e. The van der Waals surface area contributed by atoms with Gasteiger partial charge in [0.2, 0.25) is 0 Å². The van der Waals surface area contributed by atoms with E-state index in [-0.39, 0.29) is 5.54 Å². The third-order valence-electron chi connectivity index (χ3n) is 4.47. The van der Waals surface area contributed by atoms with Crippen LogP contribution >= 0.6 is 0 Å². The zero-order valence-electron chi connectivity index (χ0n) is 12.2. The lowest BCUT2D eigenvalue weighted by Crippen LogP contribution is -2.53. The van der Waals surface area contributed by atoms with E-state index in [0.29, 0.717) is 6.54 Å². The van der Waals surface area contributed by atoms with Gasteiger partial charge < -0.3 is 10.5 Å². The Morgan fingerprint density at radius 3 is 2.26 bits per heavy atom. The summed E-state index contributed by atoms with van der Waals surface area (Å²) in [5, 5.41) is 0. The van der Waals surface area contributed by atoms with E-state index in [4.69, 9.17) is 10.5 Å². The summed E-state index contributed by atoms with van der Waals surface area (Å²) in [5.41, 5.74) is 9.08. The number of ether oxygens (including phenoxy) is 1. The van der Waals surface area contributed by atoms with Gasteiger partial charge in [-0.05, 0) is 37.3 Å². The van der Waals surface area contributed by atoms with Gasteiger partial charge in [-0.15, -0.1) is 0 Å². The molecule has 2 N–H and O–H groups in total. The minimum absolute atomic E-state index is 0.0536. The maximum absolute atomic E-state index is 6.04. The molecule has 2 rings (SSSR count). The van der Waals surface area contributed by atoms with Crippen molar-refractivity contribution in [3.8, 4) is 0 Å². The highest BCUT2D eigenvalue weighted by molar-refractivity contribution is 5.28. The Bertz CT molecular complexity index is 380. The van der Waals surface area contributed by atoms with Crippen LogP contribution in [-0.4, -0.2) is 43.8 Å². The Morgan fingerprint density at radius 2 is 1.79 bits per heavy atom. The molecular formula is C16H26N2O. The first-order valence-electron chi connectivity index (χ1n) is 7.20. The SMILES string of the molecule is COCCC(C)(CN)N1CCc2ccccc2CC1. The molecular weight excluding hydrogens is 236 g/mol. The van der Waals surface area contributed by atoms with Crippen molar-refractivity contribution >= 4 is 0 Å². The van der Waals surface area contributed by atoms with E-state index in [0.717, 1.165) is 39.0 Å². The molecule has 0 radical (unpaired) electrons. The fraction of sp³-hybridized carbons (Fsp3) is 0.625. The van der Waals surface area contributed by atoms with Crippen LogP contribution in [0.1, 0.15) is 24.5 Å². The molecule has 0 saturated heterocycles. The van der Waals surface area contributed by atoms with Crippen LogP contribution in [0.25, 0.3) is 0 Å². The fourth-order valence-corrected chi connectivity index (χ4v) is 2.92. The molecule has 1 aliphatic heterocycles. The van der Waals surface area contributed by atoms with E-state index < -0.39 is 0 Å². The summed E-state index contributed by atoms with van der Waals surface area (Å²) in [6, 6.07) is 8.80. The van der Waals surface area contributed by atoms with E-state index >= 15 is 0 Å². The quantitative estimate of drug-likeness (QED) is 0.880. The molecule has 1 atom stereocenters. The standard InChI is InChI=1S/C16H26N2O/c1-16(13-17,9-12-19-2)18-10-7-14-5-3-4-6-15(14)8-11-18/h3-6H,7-13,17H2,1-2H3. The molecule has 1 heterocycles. The lowest BCUT2D eigenvalue weighted by atomic mass is 9.95. The van der Waals surface area contributed by atoms with Crippen molar-refractivity contribution in [1.82, 2.24) is 4.90 Å². The molecule has 1 unspecified atom stereocenters. The van der Waals surface area contributed by atoms with Crippen molar-refractivity contribution in [3.63, 3.8) is 0 Å². The third-order valence-corrected chi connectivity index (χ3v) is 4.47. The molecule has 19 heavy (non-hydrogen) atoms. The molecule has 3 heteroatoms. The Hall–Kier alpha value is -0.900. The van der Waals surface area contributed by atoms with Crippen LogP contribution < -0.4 is 5.73 Å². The molecule has 1 aromatic rings. The van der Waals surface area contributed by atoms with Crippen LogP contribution in [0.4, 0.5) is 0 Å². The van der Waals surface area contributed by atoms with Gasteiger partial charge in [0.15, 0.2) is 0 Å². The number of rotatable bonds is 5. The maximum atomic E-state index is 6.04. The molecule has 0 aromatic heterocycles. The summed E-state index contributed by atoms with van der Waals surface area (Å²) in [4.78, 5) is 2.55. The number of fused-ring (bicyclic) bond motifs is 1. The van der Waals surface area contributed by atoms with Crippen LogP contribution in [0.5, 0.6) is 0 Å². The summed E-state index contributed by atoms with van der Waals surface area (Å²) in [5.74, 6) is 0. The van der Waals surface area contributed by atoms with Gasteiger partial charge in [-0.2, -0.15) is 0 Å². The van der Waals surface area contributed by atoms with Crippen LogP contribution in [0.2, 0.25) is 0 Å². The van der Waals surface area contributed by atoms with Crippen LogP contribution in [0, 0.1) is 0 Å². The number of benzene rings is 1. The second-order valence-electron chi connectivity index (χ2n) is 5.70. The number of methoxy groups -OCH3 is 1. The van der Waals surface area contributed by atoms with Gasteiger partial charge in [0.25, 0.3) is 0 Å². The van der Waals surface area contributed by atoms with E-state index in [1.54, 1.807) is 7.11 Å². The van der Waals surface area contributed by atoms with Gasteiger partial charge in [0.1, 0.15) is 0 Å². The minimum Gasteiger partial charge on any atom is -0.385 e. The molecule has 0 aliphatic carbocycles. The van der Waals surface area contributed by atoms with Crippen molar-refractivity contribution in [2.24, 2.45) is 5.73 Å². The second-order valence-corrected chi connectivity index (χ2v) is 5.70. The summed E-state index contributed by atoms with van der Waals surface area (Å²) in [6.07, 6.45) is 3.24. The highest BCUT2D eigenvalue weighted by Gasteiger charge is 2.31. The van der Waals surface area contributed by atoms with Crippen molar-refractivity contribution in [1.29, 1.82) is 0 Å². The van der Waals surface area contributed by atoms with Gasteiger partial charge in [-0.1, -0.05) is 24.3 Å². The summed E-state index contributed by atoms with van der Waals surface area (Å²) in [6.45, 7) is 5.91. The Kier molecular flexibility index (Phi) is 4.97. The molecule has 1 aliphatic rings. The summed E-state index contributed by atoms with van der Waals surface area (Å²) >= 11 is 0. The first-order valence-corrected chi connectivity index (χ1v) is 7.20. The second kappa shape index (κ2) is 6.51. The van der Waals surface area contributed by atoms with Crippen molar-refractivity contribution in [3.05, 3.63) is 35.4 Å². The van der Waals surface area contributed by atoms with E-state index in [1.807, 2.05) is 0 Å². The molecule has 106 valence electrons. The average Bonchev–Trinajstić information content (AvgIpc) is 2.67. The van der Waals surface area contributed by atoms with Gasteiger partial charge >= 0.3 is 0 Å². The van der Waals surface area contributed by atoms with Crippen molar-refractivity contribution in [2.45, 2.75) is 31.7 Å². The fourth-order valence-electron chi connectivity index (χ4n) is 2.92. The van der Waals surface area contributed by atoms with Gasteiger partial charge in [-0.3, -0.25) is 4.90 Å². The minimum atomic E-state index is 0.0536. The van der Waals surface area contributed by atoms with Crippen LogP contribution in [-0.2, 0) is 17.6 Å². The van der Waals surface area contributed by atoms with Crippen LogP contribution in [0.3, 0.4) is 0 Å².